The van der Waals surface area contributed by atoms with Gasteiger partial charge in [-0.05, 0) is 12.1 Å². The van der Waals surface area contributed by atoms with Crippen molar-refractivity contribution < 1.29 is 18.7 Å². The number of amides is 1. The molecule has 0 radical (unpaired) electrons. The lowest BCUT2D eigenvalue weighted by Gasteiger charge is -2.19. The smallest absolute Gasteiger partial charge is 0.343 e. The van der Waals surface area contributed by atoms with Crippen molar-refractivity contribution in [3.05, 3.63) is 42.2 Å². The summed E-state index contributed by atoms with van der Waals surface area (Å²) in [6.45, 7) is 4.05. The molecule has 0 N–H and O–H groups in total. The number of hydrogen-bond acceptors (Lipinski definition) is 3. The third-order valence-corrected chi connectivity index (χ3v) is 3.16. The van der Waals surface area contributed by atoms with Crippen LogP contribution in [0.1, 0.15) is 16.8 Å². The first kappa shape index (κ1) is 13.3. The van der Waals surface area contributed by atoms with Crippen molar-refractivity contribution in [2.45, 2.75) is 6.42 Å². The van der Waals surface area contributed by atoms with E-state index in [4.69, 9.17) is 0 Å². The number of halogens is 1. The van der Waals surface area contributed by atoms with Gasteiger partial charge in [0.1, 0.15) is 11.4 Å². The van der Waals surface area contributed by atoms with Gasteiger partial charge in [0, 0.05) is 18.9 Å². The summed E-state index contributed by atoms with van der Waals surface area (Å²) in [6, 6.07) is 4.17. The largest absolute Gasteiger partial charge is 0.465 e. The standard InChI is InChI=1S/C14H14FNO3/c1-3-9-7-12(17)16(8-9)11-6-4-5-10(15)13(11)14(18)19-2/h3-6,9H,1,7-8H2,2H3. The van der Waals surface area contributed by atoms with Crippen LogP contribution in [-0.2, 0) is 9.53 Å². The van der Waals surface area contributed by atoms with Crippen molar-refractivity contribution in [2.75, 3.05) is 18.6 Å². The van der Waals surface area contributed by atoms with E-state index in [0.717, 1.165) is 0 Å². The lowest BCUT2D eigenvalue weighted by Crippen LogP contribution is -2.27. The molecular weight excluding hydrogens is 249 g/mol. The van der Waals surface area contributed by atoms with Crippen LogP contribution in [0.2, 0.25) is 0 Å². The molecular formula is C14H14FNO3. The molecule has 5 heteroatoms. The summed E-state index contributed by atoms with van der Waals surface area (Å²) >= 11 is 0. The molecule has 1 unspecified atom stereocenters. The van der Waals surface area contributed by atoms with Crippen molar-refractivity contribution >= 4 is 17.6 Å². The Hall–Kier alpha value is -2.17. The van der Waals surface area contributed by atoms with Gasteiger partial charge in [0.2, 0.25) is 5.91 Å². The second-order valence-electron chi connectivity index (χ2n) is 4.33. The van der Waals surface area contributed by atoms with Gasteiger partial charge in [0.25, 0.3) is 0 Å². The van der Waals surface area contributed by atoms with Crippen LogP contribution < -0.4 is 4.90 Å². The fraction of sp³-hybridized carbons (Fsp3) is 0.286. The summed E-state index contributed by atoms with van der Waals surface area (Å²) in [5, 5.41) is 0. The van der Waals surface area contributed by atoms with Crippen LogP contribution in [0.3, 0.4) is 0 Å². The van der Waals surface area contributed by atoms with Crippen LogP contribution in [0.25, 0.3) is 0 Å². The monoisotopic (exact) mass is 263 g/mol. The maximum Gasteiger partial charge on any atom is 0.343 e. The number of benzene rings is 1. The molecule has 0 saturated carbocycles. The molecule has 1 aromatic rings. The molecule has 2 rings (SSSR count). The van der Waals surface area contributed by atoms with E-state index in [1.54, 1.807) is 12.1 Å². The average molecular weight is 263 g/mol. The number of carbonyl (C=O) groups excluding carboxylic acids is 2. The Labute approximate surface area is 110 Å². The summed E-state index contributed by atoms with van der Waals surface area (Å²) in [7, 11) is 1.18. The van der Waals surface area contributed by atoms with Crippen molar-refractivity contribution in [1.29, 1.82) is 0 Å². The second kappa shape index (κ2) is 5.22. The number of ether oxygens (including phenoxy) is 1. The predicted octanol–water partition coefficient (Wildman–Crippen LogP) is 2.15. The van der Waals surface area contributed by atoms with Gasteiger partial charge < -0.3 is 9.64 Å². The van der Waals surface area contributed by atoms with Crippen molar-refractivity contribution in [2.24, 2.45) is 5.92 Å². The van der Waals surface area contributed by atoms with Crippen LogP contribution in [0.5, 0.6) is 0 Å². The van der Waals surface area contributed by atoms with Crippen LogP contribution in [0.4, 0.5) is 10.1 Å². The zero-order valence-corrected chi connectivity index (χ0v) is 10.6. The molecule has 1 heterocycles. The number of anilines is 1. The highest BCUT2D eigenvalue weighted by molar-refractivity contribution is 6.04. The minimum absolute atomic E-state index is 0.0151. The van der Waals surface area contributed by atoms with Gasteiger partial charge in [-0.2, -0.15) is 0 Å². The van der Waals surface area contributed by atoms with Crippen LogP contribution in [-0.4, -0.2) is 25.5 Å². The van der Waals surface area contributed by atoms with Gasteiger partial charge >= 0.3 is 5.97 Å². The SMILES string of the molecule is C=CC1CC(=O)N(c2cccc(F)c2C(=O)OC)C1. The van der Waals surface area contributed by atoms with Crippen LogP contribution in [0.15, 0.2) is 30.9 Å². The molecule has 0 aromatic heterocycles. The molecule has 1 aliphatic heterocycles. The molecule has 1 amide bonds. The molecule has 1 atom stereocenters. The summed E-state index contributed by atoms with van der Waals surface area (Å²) < 4.78 is 18.4. The van der Waals surface area contributed by atoms with Gasteiger partial charge in [0.15, 0.2) is 0 Å². The first-order valence-corrected chi connectivity index (χ1v) is 5.88. The topological polar surface area (TPSA) is 46.6 Å². The Morgan fingerprint density at radius 1 is 1.58 bits per heavy atom. The highest BCUT2D eigenvalue weighted by Gasteiger charge is 2.32. The van der Waals surface area contributed by atoms with Crippen LogP contribution in [0, 0.1) is 11.7 Å². The maximum atomic E-state index is 13.8. The molecule has 100 valence electrons. The first-order valence-electron chi connectivity index (χ1n) is 5.88. The summed E-state index contributed by atoms with van der Waals surface area (Å²) in [5.41, 5.74) is 0.0456. The number of methoxy groups -OCH3 is 1. The molecule has 0 aliphatic carbocycles. The number of carbonyl (C=O) groups is 2. The van der Waals surface area contributed by atoms with Crippen molar-refractivity contribution in [3.63, 3.8) is 0 Å². The Balaban J connectivity index is 2.45. The van der Waals surface area contributed by atoms with E-state index in [1.807, 2.05) is 0 Å². The fourth-order valence-corrected chi connectivity index (χ4v) is 2.17. The molecule has 1 fully saturated rings. The van der Waals surface area contributed by atoms with Gasteiger partial charge in [-0.1, -0.05) is 12.1 Å². The summed E-state index contributed by atoms with van der Waals surface area (Å²) in [4.78, 5) is 25.0. The third kappa shape index (κ3) is 2.36. The minimum Gasteiger partial charge on any atom is -0.465 e. The van der Waals surface area contributed by atoms with Gasteiger partial charge in [-0.15, -0.1) is 6.58 Å². The van der Waals surface area contributed by atoms with E-state index in [1.165, 1.54) is 24.1 Å². The fourth-order valence-electron chi connectivity index (χ4n) is 2.17. The molecule has 0 bridgehead atoms. The second-order valence-corrected chi connectivity index (χ2v) is 4.33. The number of hydrogen-bond donors (Lipinski definition) is 0. The van der Waals surface area contributed by atoms with E-state index in [9.17, 15) is 14.0 Å². The maximum absolute atomic E-state index is 13.8. The minimum atomic E-state index is -0.789. The zero-order chi connectivity index (χ0) is 14.0. The van der Waals surface area contributed by atoms with Crippen LogP contribution >= 0.6 is 0 Å². The Kier molecular flexibility index (Phi) is 3.64. The van der Waals surface area contributed by atoms with Gasteiger partial charge in [-0.3, -0.25) is 4.79 Å². The Morgan fingerprint density at radius 2 is 2.32 bits per heavy atom. The Morgan fingerprint density at radius 3 is 2.89 bits per heavy atom. The predicted molar refractivity (Wildman–Crippen MR) is 68.4 cm³/mol. The van der Waals surface area contributed by atoms with E-state index >= 15 is 0 Å². The Bertz CT molecular complexity index is 541. The highest BCUT2D eigenvalue weighted by Crippen LogP contribution is 2.30. The summed E-state index contributed by atoms with van der Waals surface area (Å²) in [6.07, 6.45) is 2.01. The number of nitrogens with zero attached hydrogens (tertiary/aromatic N) is 1. The molecule has 1 aromatic carbocycles. The number of esters is 1. The molecule has 1 saturated heterocycles. The van der Waals surface area contributed by atoms with Gasteiger partial charge in [-0.25, -0.2) is 9.18 Å². The molecule has 19 heavy (non-hydrogen) atoms. The molecule has 4 nitrogen and oxygen atoms in total. The lowest BCUT2D eigenvalue weighted by molar-refractivity contribution is -0.117. The normalized spacial score (nSPS) is 18.5. The van der Waals surface area contributed by atoms with E-state index in [-0.39, 0.29) is 23.1 Å². The van der Waals surface area contributed by atoms with E-state index < -0.39 is 11.8 Å². The van der Waals surface area contributed by atoms with Crippen molar-refractivity contribution in [3.8, 4) is 0 Å². The highest BCUT2D eigenvalue weighted by atomic mass is 19.1. The number of rotatable bonds is 3. The van der Waals surface area contributed by atoms with E-state index in [2.05, 4.69) is 11.3 Å². The summed E-state index contributed by atoms with van der Waals surface area (Å²) in [5.74, 6) is -1.62. The average Bonchev–Trinajstić information content (AvgIpc) is 2.79. The molecule has 1 aliphatic rings. The quantitative estimate of drug-likeness (QED) is 0.620. The zero-order valence-electron chi connectivity index (χ0n) is 10.6. The van der Waals surface area contributed by atoms with Crippen molar-refractivity contribution in [1.82, 2.24) is 0 Å². The third-order valence-electron chi connectivity index (χ3n) is 3.16. The molecule has 0 spiro atoms. The first-order chi connectivity index (χ1) is 9.08. The van der Waals surface area contributed by atoms with E-state index in [0.29, 0.717) is 13.0 Å². The van der Waals surface area contributed by atoms with Gasteiger partial charge in [0.05, 0.1) is 12.8 Å². The lowest BCUT2D eigenvalue weighted by atomic mass is 10.1.